The third-order valence-corrected chi connectivity index (χ3v) is 2.17. The molecular formula is C6H5AgOTe. The quantitative estimate of drug-likeness (QED) is 0.625. The van der Waals surface area contributed by atoms with Gasteiger partial charge >= 0.3 is 81.1 Å². The molecule has 0 aliphatic rings. The molecule has 0 aliphatic carbocycles. The summed E-state index contributed by atoms with van der Waals surface area (Å²) in [6.07, 6.45) is 0. The molecule has 0 amide bonds. The third kappa shape index (κ3) is 3.42. The maximum atomic E-state index is 10.3. The van der Waals surface area contributed by atoms with Gasteiger partial charge in [0.05, 0.1) is 0 Å². The molecule has 1 nitrogen and oxygen atoms in total. The van der Waals surface area contributed by atoms with Crippen molar-refractivity contribution >= 4 is 24.9 Å². The van der Waals surface area contributed by atoms with Gasteiger partial charge in [0, 0.05) is 0 Å². The summed E-state index contributed by atoms with van der Waals surface area (Å²) >= 11 is -1.09. The van der Waals surface area contributed by atoms with Gasteiger partial charge in [0.2, 0.25) is 0 Å². The number of rotatable bonds is 1. The molecule has 0 fully saturated rings. The Bertz CT molecular complexity index is 154. The first-order valence-corrected chi connectivity index (χ1v) is 4.40. The summed E-state index contributed by atoms with van der Waals surface area (Å²) < 4.78 is 11.2. The fourth-order valence-corrected chi connectivity index (χ4v) is 1.24. The van der Waals surface area contributed by atoms with Crippen LogP contribution in [0.25, 0.3) is 0 Å². The predicted octanol–water partition coefficient (Wildman–Crippen LogP) is -0.711. The summed E-state index contributed by atoms with van der Waals surface area (Å²) in [5, 5.41) is 0. The molecule has 0 bridgehead atoms. The molecule has 0 aliphatic heterocycles. The van der Waals surface area contributed by atoms with Crippen LogP contribution in [0.15, 0.2) is 30.3 Å². The van der Waals surface area contributed by atoms with Crippen molar-refractivity contribution in [2.45, 2.75) is 0 Å². The van der Waals surface area contributed by atoms with Crippen LogP contribution in [0, 0.1) is 0 Å². The molecule has 0 atom stereocenters. The van der Waals surface area contributed by atoms with Gasteiger partial charge in [-0.3, -0.25) is 0 Å². The van der Waals surface area contributed by atoms with E-state index in [9.17, 15) is 3.47 Å². The van der Waals surface area contributed by atoms with E-state index in [4.69, 9.17) is 0 Å². The van der Waals surface area contributed by atoms with Gasteiger partial charge in [-0.15, -0.1) is 0 Å². The third-order valence-electron chi connectivity index (χ3n) is 0.839. The van der Waals surface area contributed by atoms with Crippen LogP contribution < -0.4 is 7.08 Å². The molecule has 0 saturated carbocycles. The van der Waals surface area contributed by atoms with Crippen molar-refractivity contribution in [2.24, 2.45) is 0 Å². The first kappa shape index (κ1) is 9.71. The minimum atomic E-state index is -1.09. The molecule has 3 heteroatoms. The first-order valence-electron chi connectivity index (χ1n) is 2.28. The maximum absolute atomic E-state index is 10.3. The normalized spacial score (nSPS) is 8.11. The fourth-order valence-electron chi connectivity index (χ4n) is 0.476. The van der Waals surface area contributed by atoms with Crippen molar-refractivity contribution in [3.8, 4) is 0 Å². The summed E-state index contributed by atoms with van der Waals surface area (Å²) in [7, 11) is 0. The Kier molecular flexibility index (Phi) is 5.92. The summed E-state index contributed by atoms with van der Waals surface area (Å²) in [4.78, 5) is 0. The second-order valence-electron chi connectivity index (χ2n) is 1.40. The van der Waals surface area contributed by atoms with Crippen molar-refractivity contribution in [2.75, 3.05) is 0 Å². The molecule has 0 radical (unpaired) electrons. The molecule has 0 spiro atoms. The molecule has 0 N–H and O–H groups in total. The van der Waals surface area contributed by atoms with E-state index in [0.717, 1.165) is 3.61 Å². The van der Waals surface area contributed by atoms with Crippen LogP contribution >= 0.6 is 0 Å². The summed E-state index contributed by atoms with van der Waals surface area (Å²) in [5.74, 6) is 0. The van der Waals surface area contributed by atoms with E-state index >= 15 is 0 Å². The SMILES string of the molecule is [Ag+].[O-][Te]c1ccccc1. The van der Waals surface area contributed by atoms with E-state index in [-0.39, 0.29) is 22.4 Å². The predicted molar refractivity (Wildman–Crippen MR) is 31.8 cm³/mol. The van der Waals surface area contributed by atoms with Crippen molar-refractivity contribution in [1.82, 2.24) is 0 Å². The molecule has 1 aromatic carbocycles. The molecule has 1 rings (SSSR count). The van der Waals surface area contributed by atoms with Gasteiger partial charge in [-0.05, 0) is 0 Å². The summed E-state index contributed by atoms with van der Waals surface area (Å²) in [6, 6.07) is 9.49. The molecular weight excluding hydrogens is 324 g/mol. The molecule has 0 heterocycles. The van der Waals surface area contributed by atoms with Gasteiger partial charge in [0.15, 0.2) is 0 Å². The van der Waals surface area contributed by atoms with Crippen LogP contribution in [0.2, 0.25) is 0 Å². The summed E-state index contributed by atoms with van der Waals surface area (Å²) in [5.41, 5.74) is 0. The first-order chi connectivity index (χ1) is 3.93. The minimum absolute atomic E-state index is 0. The number of hydrogen-bond acceptors (Lipinski definition) is 1. The van der Waals surface area contributed by atoms with Gasteiger partial charge < -0.3 is 0 Å². The van der Waals surface area contributed by atoms with E-state index in [1.54, 1.807) is 0 Å². The van der Waals surface area contributed by atoms with Crippen molar-refractivity contribution in [3.05, 3.63) is 30.3 Å². The average Bonchev–Trinajstić information content (AvgIpc) is 1.90. The molecule has 0 unspecified atom stereocenters. The molecule has 0 saturated heterocycles. The van der Waals surface area contributed by atoms with E-state index in [2.05, 4.69) is 0 Å². The Labute approximate surface area is 80.6 Å². The number of hydrogen-bond donors (Lipinski definition) is 0. The van der Waals surface area contributed by atoms with Crippen LogP contribution in [-0.2, 0) is 22.4 Å². The van der Waals surface area contributed by atoms with E-state index in [0.29, 0.717) is 0 Å². The van der Waals surface area contributed by atoms with Crippen LogP contribution in [0.3, 0.4) is 0 Å². The van der Waals surface area contributed by atoms with Gasteiger partial charge in [0.1, 0.15) is 0 Å². The van der Waals surface area contributed by atoms with Crippen molar-refractivity contribution in [1.29, 1.82) is 0 Å². The topological polar surface area (TPSA) is 23.1 Å². The zero-order valence-electron chi connectivity index (χ0n) is 4.50. The fraction of sp³-hybridized carbons (Fsp3) is 0. The standard InChI is InChI=1S/C6H6OTe.Ag/c7-8-6-4-2-1-3-5-6;/h1-5,7H;/q;+1/p-1. The van der Waals surface area contributed by atoms with Gasteiger partial charge in [0.25, 0.3) is 0 Å². The number of benzene rings is 1. The molecule has 52 valence electrons. The average molecular weight is 329 g/mol. The van der Waals surface area contributed by atoms with Crippen LogP contribution in [0.1, 0.15) is 0 Å². The van der Waals surface area contributed by atoms with Gasteiger partial charge in [-0.25, -0.2) is 0 Å². The Hall–Kier alpha value is 0.710. The van der Waals surface area contributed by atoms with E-state index in [1.807, 2.05) is 30.3 Å². The zero-order chi connectivity index (χ0) is 5.82. The molecule has 9 heavy (non-hydrogen) atoms. The zero-order valence-corrected chi connectivity index (χ0v) is 8.32. The molecule has 1 aromatic rings. The van der Waals surface area contributed by atoms with E-state index in [1.165, 1.54) is 0 Å². The second-order valence-corrected chi connectivity index (χ2v) is 3.22. The second kappa shape index (κ2) is 5.49. The Balaban J connectivity index is 0.000000640. The van der Waals surface area contributed by atoms with E-state index < -0.39 is 21.3 Å². The Morgan fingerprint density at radius 3 is 2.00 bits per heavy atom. The Morgan fingerprint density at radius 2 is 1.67 bits per heavy atom. The monoisotopic (exact) mass is 330 g/mol. The summed E-state index contributed by atoms with van der Waals surface area (Å²) in [6.45, 7) is 0. The van der Waals surface area contributed by atoms with Crippen LogP contribution in [0.4, 0.5) is 0 Å². The molecule has 0 aromatic heterocycles. The van der Waals surface area contributed by atoms with Gasteiger partial charge in [-0.2, -0.15) is 0 Å². The van der Waals surface area contributed by atoms with Crippen molar-refractivity contribution in [3.63, 3.8) is 0 Å². The van der Waals surface area contributed by atoms with Gasteiger partial charge in [-0.1, -0.05) is 0 Å². The van der Waals surface area contributed by atoms with Crippen LogP contribution in [-0.4, -0.2) is 21.3 Å². The van der Waals surface area contributed by atoms with Crippen LogP contribution in [0.5, 0.6) is 0 Å². The Morgan fingerprint density at radius 1 is 1.11 bits per heavy atom. The van der Waals surface area contributed by atoms with Crippen molar-refractivity contribution < 1.29 is 25.9 Å².